The number of fused-ring (bicyclic) bond motifs is 5. The summed E-state index contributed by atoms with van der Waals surface area (Å²) < 4.78 is 2.80. The normalized spacial score (nSPS) is 24.1. The molecule has 0 amide bonds. The van der Waals surface area contributed by atoms with Gasteiger partial charge in [-0.2, -0.15) is 0 Å². The van der Waals surface area contributed by atoms with Gasteiger partial charge >= 0.3 is 0 Å². The van der Waals surface area contributed by atoms with E-state index in [0.717, 1.165) is 23.3 Å². The molecule has 3 aliphatic heterocycles. The van der Waals surface area contributed by atoms with Gasteiger partial charge in [-0.05, 0) is 30.3 Å². The van der Waals surface area contributed by atoms with Crippen molar-refractivity contribution in [2.24, 2.45) is 7.05 Å². The van der Waals surface area contributed by atoms with Gasteiger partial charge in [0.1, 0.15) is 5.82 Å². The molecular formula is C23H26ClN4O+. The van der Waals surface area contributed by atoms with Gasteiger partial charge in [-0.25, -0.2) is 4.98 Å². The zero-order chi connectivity index (χ0) is 20.2. The van der Waals surface area contributed by atoms with Crippen LogP contribution in [-0.4, -0.2) is 53.3 Å². The molecule has 2 bridgehead atoms. The van der Waals surface area contributed by atoms with Gasteiger partial charge < -0.3 is 9.38 Å². The standard InChI is InChI=1S/C23H26ClN4O/c1-26-22(16-4-3-5-17(24)14-16)25-21-7-6-19(15-20(21)23(26)29)27-10-13-28(2)11-8-18(27)9-12-28/h3-7,14-15,18H,8-13H2,1-2H3/q+1. The Hall–Kier alpha value is -2.37. The topological polar surface area (TPSA) is 38.1 Å². The number of anilines is 1. The van der Waals surface area contributed by atoms with Crippen molar-refractivity contribution in [2.75, 3.05) is 38.1 Å². The van der Waals surface area contributed by atoms with Crippen molar-refractivity contribution in [2.45, 2.75) is 18.9 Å². The van der Waals surface area contributed by atoms with Gasteiger partial charge in [-0.15, -0.1) is 0 Å². The maximum absolute atomic E-state index is 13.2. The third-order valence-corrected chi connectivity index (χ3v) is 7.03. The highest BCUT2D eigenvalue weighted by atomic mass is 35.5. The van der Waals surface area contributed by atoms with Crippen LogP contribution in [0.4, 0.5) is 5.69 Å². The smallest absolute Gasteiger partial charge is 0.261 e. The summed E-state index contributed by atoms with van der Waals surface area (Å²) in [7, 11) is 4.15. The Bertz CT molecular complexity index is 1150. The van der Waals surface area contributed by atoms with Crippen molar-refractivity contribution in [3.05, 3.63) is 57.8 Å². The molecule has 4 heterocycles. The molecule has 0 N–H and O–H groups in total. The lowest BCUT2D eigenvalue weighted by Crippen LogP contribution is -2.49. The Morgan fingerprint density at radius 1 is 1.10 bits per heavy atom. The number of halogens is 1. The Morgan fingerprint density at radius 2 is 1.90 bits per heavy atom. The predicted octanol–water partition coefficient (Wildman–Crippen LogP) is 3.68. The Labute approximate surface area is 175 Å². The van der Waals surface area contributed by atoms with E-state index < -0.39 is 0 Å². The number of nitrogens with zero attached hydrogens (tertiary/aromatic N) is 4. The number of likely N-dealkylation sites (N-methyl/N-ethyl adjacent to an activating group) is 1. The molecule has 0 aliphatic carbocycles. The van der Waals surface area contributed by atoms with Gasteiger partial charge in [-0.3, -0.25) is 9.36 Å². The highest BCUT2D eigenvalue weighted by molar-refractivity contribution is 6.30. The molecule has 150 valence electrons. The van der Waals surface area contributed by atoms with E-state index in [1.165, 1.54) is 37.0 Å². The van der Waals surface area contributed by atoms with Crippen LogP contribution in [0.3, 0.4) is 0 Å². The number of aromatic nitrogens is 2. The number of piperidine rings is 1. The van der Waals surface area contributed by atoms with Crippen molar-refractivity contribution < 1.29 is 4.48 Å². The minimum atomic E-state index is -0.0197. The van der Waals surface area contributed by atoms with Crippen LogP contribution in [0.2, 0.25) is 5.02 Å². The van der Waals surface area contributed by atoms with E-state index in [-0.39, 0.29) is 5.56 Å². The molecular weight excluding hydrogens is 384 g/mol. The van der Waals surface area contributed by atoms with E-state index in [0.29, 0.717) is 22.3 Å². The molecule has 3 saturated heterocycles. The van der Waals surface area contributed by atoms with Crippen LogP contribution in [0.25, 0.3) is 22.3 Å². The molecule has 0 unspecified atom stereocenters. The van der Waals surface area contributed by atoms with E-state index in [9.17, 15) is 4.79 Å². The van der Waals surface area contributed by atoms with Crippen LogP contribution < -0.4 is 10.5 Å². The fourth-order valence-electron chi connectivity index (χ4n) is 4.91. The molecule has 3 aliphatic rings. The summed E-state index contributed by atoms with van der Waals surface area (Å²) in [6, 6.07) is 14.2. The monoisotopic (exact) mass is 409 g/mol. The summed E-state index contributed by atoms with van der Waals surface area (Å²) >= 11 is 6.14. The molecule has 1 aromatic heterocycles. The fourth-order valence-corrected chi connectivity index (χ4v) is 5.10. The van der Waals surface area contributed by atoms with Crippen molar-refractivity contribution in [1.29, 1.82) is 0 Å². The summed E-state index contributed by atoms with van der Waals surface area (Å²) in [6.07, 6.45) is 2.44. The van der Waals surface area contributed by atoms with Crippen LogP contribution in [0, 0.1) is 0 Å². The number of benzene rings is 2. The average molecular weight is 410 g/mol. The SMILES string of the molecule is Cn1c(-c2cccc(Cl)c2)nc2ccc(N3CC[N+]4(C)CCC3CC4)cc2c1=O. The molecule has 0 radical (unpaired) electrons. The van der Waals surface area contributed by atoms with Crippen molar-refractivity contribution in [3.63, 3.8) is 0 Å². The quantitative estimate of drug-likeness (QED) is 0.606. The minimum Gasteiger partial charge on any atom is -0.362 e. The third-order valence-electron chi connectivity index (χ3n) is 6.80. The fraction of sp³-hybridized carbons (Fsp3) is 0.391. The third kappa shape index (κ3) is 3.22. The number of rotatable bonds is 2. The second-order valence-corrected chi connectivity index (χ2v) is 9.16. The lowest BCUT2D eigenvalue weighted by Gasteiger charge is -2.37. The van der Waals surface area contributed by atoms with Crippen LogP contribution >= 0.6 is 11.6 Å². The molecule has 0 spiro atoms. The van der Waals surface area contributed by atoms with Gasteiger partial charge in [0.2, 0.25) is 0 Å². The molecule has 3 fully saturated rings. The molecule has 3 aromatic rings. The van der Waals surface area contributed by atoms with Gasteiger partial charge in [0, 0.05) is 42.2 Å². The summed E-state index contributed by atoms with van der Waals surface area (Å²) in [5.41, 5.74) is 2.70. The van der Waals surface area contributed by atoms with Crippen LogP contribution in [-0.2, 0) is 7.05 Å². The Balaban J connectivity index is 1.59. The molecule has 6 heteroatoms. The van der Waals surface area contributed by atoms with E-state index in [1.807, 2.05) is 36.4 Å². The first-order valence-corrected chi connectivity index (χ1v) is 10.7. The molecule has 0 atom stereocenters. The maximum atomic E-state index is 13.2. The second kappa shape index (κ2) is 6.85. The highest BCUT2D eigenvalue weighted by Gasteiger charge is 2.37. The van der Waals surface area contributed by atoms with E-state index in [4.69, 9.17) is 16.6 Å². The van der Waals surface area contributed by atoms with Gasteiger partial charge in [0.15, 0.2) is 0 Å². The number of quaternary nitrogens is 1. The molecule has 5 nitrogen and oxygen atoms in total. The van der Waals surface area contributed by atoms with Gasteiger partial charge in [0.05, 0.1) is 44.1 Å². The molecule has 0 saturated carbocycles. The van der Waals surface area contributed by atoms with E-state index in [1.54, 1.807) is 11.6 Å². The summed E-state index contributed by atoms with van der Waals surface area (Å²) in [4.78, 5) is 20.5. The summed E-state index contributed by atoms with van der Waals surface area (Å²) in [5, 5.41) is 1.31. The largest absolute Gasteiger partial charge is 0.362 e. The average Bonchev–Trinajstić information content (AvgIpc) is 2.99. The maximum Gasteiger partial charge on any atom is 0.261 e. The van der Waals surface area contributed by atoms with Crippen LogP contribution in [0.5, 0.6) is 0 Å². The molecule has 2 aromatic carbocycles. The minimum absolute atomic E-state index is 0.0197. The molecule has 6 rings (SSSR count). The van der Waals surface area contributed by atoms with Gasteiger partial charge in [-0.1, -0.05) is 23.7 Å². The van der Waals surface area contributed by atoms with Crippen molar-refractivity contribution >= 4 is 28.2 Å². The Kier molecular flexibility index (Phi) is 4.41. The predicted molar refractivity (Wildman–Crippen MR) is 119 cm³/mol. The summed E-state index contributed by atoms with van der Waals surface area (Å²) in [5.74, 6) is 0.636. The van der Waals surface area contributed by atoms with Crippen LogP contribution in [0.1, 0.15) is 12.8 Å². The first kappa shape index (κ1) is 18.6. The Morgan fingerprint density at radius 3 is 2.66 bits per heavy atom. The van der Waals surface area contributed by atoms with Crippen LogP contribution in [0.15, 0.2) is 47.3 Å². The first-order chi connectivity index (χ1) is 13.9. The van der Waals surface area contributed by atoms with Crippen molar-refractivity contribution in [3.8, 4) is 11.4 Å². The van der Waals surface area contributed by atoms with E-state index >= 15 is 0 Å². The van der Waals surface area contributed by atoms with Gasteiger partial charge in [0.25, 0.3) is 5.56 Å². The zero-order valence-electron chi connectivity index (χ0n) is 16.9. The lowest BCUT2D eigenvalue weighted by atomic mass is 10.0. The van der Waals surface area contributed by atoms with E-state index in [2.05, 4.69) is 18.0 Å². The number of hydrogen-bond acceptors (Lipinski definition) is 3. The lowest BCUT2D eigenvalue weighted by molar-refractivity contribution is -0.910. The second-order valence-electron chi connectivity index (χ2n) is 8.73. The van der Waals surface area contributed by atoms with Crippen molar-refractivity contribution in [1.82, 2.24) is 9.55 Å². The molecule has 29 heavy (non-hydrogen) atoms. The first-order valence-electron chi connectivity index (χ1n) is 10.3. The highest BCUT2D eigenvalue weighted by Crippen LogP contribution is 2.31. The number of hydrogen-bond donors (Lipinski definition) is 0. The zero-order valence-corrected chi connectivity index (χ0v) is 17.7. The summed E-state index contributed by atoms with van der Waals surface area (Å²) in [6.45, 7) is 4.71.